The number of hydrogen-bond donors (Lipinski definition) is 2. The summed E-state index contributed by atoms with van der Waals surface area (Å²) in [4.78, 5) is 4.41. The summed E-state index contributed by atoms with van der Waals surface area (Å²) in [6.07, 6.45) is 2.50. The minimum absolute atomic E-state index is 0.521. The summed E-state index contributed by atoms with van der Waals surface area (Å²) in [5.41, 5.74) is 7.45. The Morgan fingerprint density at radius 1 is 1.16 bits per heavy atom. The first kappa shape index (κ1) is 11.8. The van der Waals surface area contributed by atoms with Crippen LogP contribution in [0.3, 0.4) is 0 Å². The Morgan fingerprint density at radius 2 is 1.95 bits per heavy atom. The third kappa shape index (κ3) is 3.16. The van der Waals surface area contributed by atoms with Gasteiger partial charge < -0.3 is 15.8 Å². The second-order valence-electron chi connectivity index (χ2n) is 4.84. The second-order valence-corrected chi connectivity index (χ2v) is 4.84. The molecule has 4 nitrogen and oxygen atoms in total. The van der Waals surface area contributed by atoms with Crippen LogP contribution in [0.2, 0.25) is 0 Å². The van der Waals surface area contributed by atoms with Gasteiger partial charge >= 0.3 is 0 Å². The lowest BCUT2D eigenvalue weighted by Crippen LogP contribution is -2.05. The predicted octanol–water partition coefficient (Wildman–Crippen LogP) is 3.20. The number of hydrogen-bond acceptors (Lipinski definition) is 4. The van der Waals surface area contributed by atoms with Crippen LogP contribution in [0, 0.1) is 5.92 Å². The molecule has 3 N–H and O–H groups in total. The number of aromatic nitrogens is 1. The largest absolute Gasteiger partial charge is 0.476 e. The molecule has 0 unspecified atom stereocenters. The van der Waals surface area contributed by atoms with Crippen molar-refractivity contribution in [2.75, 3.05) is 17.7 Å². The third-order valence-corrected chi connectivity index (χ3v) is 3.09. The van der Waals surface area contributed by atoms with Gasteiger partial charge in [-0.15, -0.1) is 0 Å². The van der Waals surface area contributed by atoms with E-state index in [0.29, 0.717) is 24.1 Å². The summed E-state index contributed by atoms with van der Waals surface area (Å²) >= 11 is 0. The Balaban J connectivity index is 1.72. The van der Waals surface area contributed by atoms with E-state index >= 15 is 0 Å². The van der Waals surface area contributed by atoms with Gasteiger partial charge in [0.1, 0.15) is 5.82 Å². The number of para-hydroxylation sites is 1. The molecule has 0 atom stereocenters. The van der Waals surface area contributed by atoms with Crippen LogP contribution < -0.4 is 15.8 Å². The van der Waals surface area contributed by atoms with Crippen LogP contribution in [-0.4, -0.2) is 11.6 Å². The van der Waals surface area contributed by atoms with E-state index in [2.05, 4.69) is 10.3 Å². The summed E-state index contributed by atoms with van der Waals surface area (Å²) in [7, 11) is 0. The number of pyridine rings is 1. The molecule has 2 aromatic rings. The maximum absolute atomic E-state index is 5.87. The Hall–Kier alpha value is -2.23. The molecule has 4 heteroatoms. The van der Waals surface area contributed by atoms with Crippen LogP contribution in [0.25, 0.3) is 0 Å². The van der Waals surface area contributed by atoms with Crippen LogP contribution in [0.15, 0.2) is 42.5 Å². The lowest BCUT2D eigenvalue weighted by molar-refractivity contribution is 0.290. The molecule has 3 rings (SSSR count). The Kier molecular flexibility index (Phi) is 3.23. The Morgan fingerprint density at radius 3 is 2.68 bits per heavy atom. The summed E-state index contributed by atoms with van der Waals surface area (Å²) < 4.78 is 5.66. The van der Waals surface area contributed by atoms with Gasteiger partial charge in [-0.2, -0.15) is 4.98 Å². The number of anilines is 3. The van der Waals surface area contributed by atoms with E-state index in [4.69, 9.17) is 10.5 Å². The van der Waals surface area contributed by atoms with Gasteiger partial charge in [-0.25, -0.2) is 0 Å². The zero-order valence-electron chi connectivity index (χ0n) is 10.7. The highest BCUT2D eigenvalue weighted by molar-refractivity contribution is 5.60. The lowest BCUT2D eigenvalue weighted by Gasteiger charge is -2.10. The smallest absolute Gasteiger partial charge is 0.239 e. The summed E-state index contributed by atoms with van der Waals surface area (Å²) in [6.45, 7) is 0.714. The van der Waals surface area contributed by atoms with Crippen molar-refractivity contribution >= 4 is 17.2 Å². The molecule has 98 valence electrons. The van der Waals surface area contributed by atoms with Crippen molar-refractivity contribution in [3.05, 3.63) is 42.5 Å². The van der Waals surface area contributed by atoms with E-state index in [1.54, 1.807) is 0 Å². The van der Waals surface area contributed by atoms with Gasteiger partial charge in [0, 0.05) is 5.69 Å². The molecule has 0 amide bonds. The number of nitrogens with two attached hydrogens (primary N) is 1. The minimum atomic E-state index is 0.521. The normalized spacial score (nSPS) is 14.1. The van der Waals surface area contributed by atoms with Crippen molar-refractivity contribution < 1.29 is 4.74 Å². The van der Waals surface area contributed by atoms with Crippen molar-refractivity contribution in [2.24, 2.45) is 5.92 Å². The van der Waals surface area contributed by atoms with Crippen LogP contribution in [-0.2, 0) is 0 Å². The van der Waals surface area contributed by atoms with E-state index in [1.807, 2.05) is 42.5 Å². The average Bonchev–Trinajstić information content (AvgIpc) is 3.25. The molecule has 19 heavy (non-hydrogen) atoms. The lowest BCUT2D eigenvalue weighted by atomic mass is 10.3. The first-order valence-corrected chi connectivity index (χ1v) is 6.52. The zero-order chi connectivity index (χ0) is 13.1. The van der Waals surface area contributed by atoms with Gasteiger partial charge in [0.2, 0.25) is 5.88 Å². The number of rotatable bonds is 5. The van der Waals surface area contributed by atoms with Gasteiger partial charge in [-0.1, -0.05) is 18.2 Å². The van der Waals surface area contributed by atoms with Gasteiger partial charge in [0.05, 0.1) is 12.3 Å². The van der Waals surface area contributed by atoms with Crippen molar-refractivity contribution in [1.29, 1.82) is 0 Å². The Bertz CT molecular complexity index is 553. The van der Waals surface area contributed by atoms with Crippen LogP contribution in [0.4, 0.5) is 17.2 Å². The number of benzene rings is 1. The van der Waals surface area contributed by atoms with E-state index in [-0.39, 0.29) is 0 Å². The van der Waals surface area contributed by atoms with Crippen molar-refractivity contribution in [3.63, 3.8) is 0 Å². The molecule has 1 fully saturated rings. The van der Waals surface area contributed by atoms with Gasteiger partial charge in [0.15, 0.2) is 0 Å². The molecule has 0 spiro atoms. The fraction of sp³-hybridized carbons (Fsp3) is 0.267. The average molecular weight is 255 g/mol. The molecule has 1 aromatic carbocycles. The molecule has 1 aromatic heterocycles. The highest BCUT2D eigenvalue weighted by Gasteiger charge is 2.22. The van der Waals surface area contributed by atoms with Crippen LogP contribution >= 0.6 is 0 Å². The molecule has 0 radical (unpaired) electrons. The number of ether oxygens (including phenoxy) is 1. The Labute approximate surface area is 112 Å². The second kappa shape index (κ2) is 5.18. The van der Waals surface area contributed by atoms with Gasteiger partial charge in [0.25, 0.3) is 0 Å². The number of nitrogens with one attached hydrogen (secondary N) is 1. The van der Waals surface area contributed by atoms with E-state index in [0.717, 1.165) is 11.5 Å². The molecule has 0 bridgehead atoms. The summed E-state index contributed by atoms with van der Waals surface area (Å²) in [5.74, 6) is 1.95. The minimum Gasteiger partial charge on any atom is -0.476 e. The highest BCUT2D eigenvalue weighted by atomic mass is 16.5. The van der Waals surface area contributed by atoms with E-state index < -0.39 is 0 Å². The van der Waals surface area contributed by atoms with Crippen molar-refractivity contribution in [3.8, 4) is 5.88 Å². The number of nitrogen functional groups attached to an aromatic ring is 1. The molecule has 1 aliphatic rings. The molecule has 1 heterocycles. The molecule has 1 aliphatic carbocycles. The zero-order valence-corrected chi connectivity index (χ0v) is 10.7. The molecule has 1 saturated carbocycles. The fourth-order valence-electron chi connectivity index (χ4n) is 1.79. The highest BCUT2D eigenvalue weighted by Crippen LogP contribution is 2.31. The summed E-state index contributed by atoms with van der Waals surface area (Å²) in [6, 6.07) is 13.6. The van der Waals surface area contributed by atoms with E-state index in [1.165, 1.54) is 12.8 Å². The summed E-state index contributed by atoms with van der Waals surface area (Å²) in [5, 5.41) is 3.23. The van der Waals surface area contributed by atoms with Crippen LogP contribution in [0.1, 0.15) is 12.8 Å². The number of nitrogens with zero attached hydrogens (tertiary/aromatic N) is 1. The van der Waals surface area contributed by atoms with Crippen molar-refractivity contribution in [2.45, 2.75) is 12.8 Å². The van der Waals surface area contributed by atoms with Gasteiger partial charge in [-0.05, 0) is 43.0 Å². The third-order valence-electron chi connectivity index (χ3n) is 3.09. The molecule has 0 aliphatic heterocycles. The maximum Gasteiger partial charge on any atom is 0.239 e. The maximum atomic E-state index is 5.87. The van der Waals surface area contributed by atoms with Crippen molar-refractivity contribution in [1.82, 2.24) is 4.98 Å². The van der Waals surface area contributed by atoms with E-state index in [9.17, 15) is 0 Å². The predicted molar refractivity (Wildman–Crippen MR) is 76.6 cm³/mol. The fourth-order valence-corrected chi connectivity index (χ4v) is 1.79. The molecule has 0 saturated heterocycles. The first-order valence-electron chi connectivity index (χ1n) is 6.52. The first-order chi connectivity index (χ1) is 9.31. The van der Waals surface area contributed by atoms with Crippen LogP contribution in [0.5, 0.6) is 5.88 Å². The SMILES string of the molecule is Nc1ccc(Nc2ccccc2)nc1OCC1CC1. The van der Waals surface area contributed by atoms with Gasteiger partial charge in [-0.3, -0.25) is 0 Å². The standard InChI is InChI=1S/C15H17N3O/c16-13-8-9-14(17-12-4-2-1-3-5-12)18-15(13)19-10-11-6-7-11/h1-5,8-9,11H,6-7,10,16H2,(H,17,18). The molecular weight excluding hydrogens is 238 g/mol. The monoisotopic (exact) mass is 255 g/mol. The topological polar surface area (TPSA) is 60.2 Å². The molecular formula is C15H17N3O. The quantitative estimate of drug-likeness (QED) is 0.861.